The first-order valence-corrected chi connectivity index (χ1v) is 9.65. The van der Waals surface area contributed by atoms with Crippen molar-refractivity contribution in [2.24, 2.45) is 5.92 Å². The van der Waals surface area contributed by atoms with Crippen LogP contribution in [0.5, 0.6) is 0 Å². The summed E-state index contributed by atoms with van der Waals surface area (Å²) in [4.78, 5) is 15.4. The van der Waals surface area contributed by atoms with Gasteiger partial charge in [-0.25, -0.2) is 4.79 Å². The summed E-state index contributed by atoms with van der Waals surface area (Å²) in [6, 6.07) is 6.06. The summed E-state index contributed by atoms with van der Waals surface area (Å²) in [5.41, 5.74) is 2.69. The zero-order chi connectivity index (χ0) is 19.2. The number of nitrogens with zero attached hydrogens (tertiary/aromatic N) is 3. The van der Waals surface area contributed by atoms with Crippen LogP contribution in [0.3, 0.4) is 0 Å². The second-order valence-electron chi connectivity index (χ2n) is 8.51. The van der Waals surface area contributed by atoms with Crippen LogP contribution in [-0.4, -0.2) is 37.3 Å². The molecule has 3 heterocycles. The average molecular weight is 369 g/mol. The predicted molar refractivity (Wildman–Crippen MR) is 104 cm³/mol. The minimum atomic E-state index is -0.345. The molecule has 2 N–H and O–H groups in total. The number of ether oxygens (including phenoxy) is 1. The molecular weight excluding hydrogens is 342 g/mol. The highest BCUT2D eigenvalue weighted by atomic mass is 16.6. The molecule has 3 aromatic rings. The van der Waals surface area contributed by atoms with Crippen molar-refractivity contribution < 1.29 is 9.53 Å². The van der Waals surface area contributed by atoms with Crippen LogP contribution in [0, 0.1) is 5.92 Å². The molecule has 0 unspecified atom stereocenters. The van der Waals surface area contributed by atoms with E-state index in [0.29, 0.717) is 5.92 Å². The SMILES string of the molecule is CC[C@@H]1C[C@H](OC(=O)NC(C)(C)C)C[C@@H]1c1nnc2ccc3[nH]ccc3n12. The Morgan fingerprint density at radius 1 is 1.30 bits per heavy atom. The minimum Gasteiger partial charge on any atom is -0.446 e. The van der Waals surface area contributed by atoms with E-state index in [1.807, 2.05) is 39.1 Å². The molecule has 3 atom stereocenters. The van der Waals surface area contributed by atoms with Crippen LogP contribution in [-0.2, 0) is 4.74 Å². The highest BCUT2D eigenvalue weighted by Crippen LogP contribution is 2.42. The van der Waals surface area contributed by atoms with E-state index in [-0.39, 0.29) is 23.7 Å². The van der Waals surface area contributed by atoms with Crippen LogP contribution in [0.25, 0.3) is 16.7 Å². The molecule has 0 aromatic carbocycles. The van der Waals surface area contributed by atoms with E-state index in [1.165, 1.54) is 0 Å². The van der Waals surface area contributed by atoms with E-state index in [9.17, 15) is 4.79 Å². The Kier molecular flexibility index (Phi) is 4.32. The Bertz CT molecular complexity index is 968. The molecule has 0 saturated heterocycles. The molecule has 7 nitrogen and oxygen atoms in total. The first-order chi connectivity index (χ1) is 12.9. The lowest BCUT2D eigenvalue weighted by Crippen LogP contribution is -2.42. The van der Waals surface area contributed by atoms with E-state index >= 15 is 0 Å². The predicted octanol–water partition coefficient (Wildman–Crippen LogP) is 4.01. The van der Waals surface area contributed by atoms with Crippen molar-refractivity contribution >= 4 is 22.8 Å². The number of hydrogen-bond donors (Lipinski definition) is 2. The van der Waals surface area contributed by atoms with E-state index < -0.39 is 0 Å². The number of pyridine rings is 1. The van der Waals surface area contributed by atoms with Gasteiger partial charge in [0.25, 0.3) is 0 Å². The van der Waals surface area contributed by atoms with Crippen molar-refractivity contribution in [1.82, 2.24) is 24.9 Å². The molecule has 1 saturated carbocycles. The quantitative estimate of drug-likeness (QED) is 0.731. The lowest BCUT2D eigenvalue weighted by Gasteiger charge is -2.22. The van der Waals surface area contributed by atoms with Crippen molar-refractivity contribution in [2.45, 2.75) is 64.5 Å². The van der Waals surface area contributed by atoms with Gasteiger partial charge in [-0.05, 0) is 57.7 Å². The molecule has 0 bridgehead atoms. The molecule has 3 aromatic heterocycles. The summed E-state index contributed by atoms with van der Waals surface area (Å²) in [5, 5.41) is 11.8. The van der Waals surface area contributed by atoms with Gasteiger partial charge in [0.2, 0.25) is 0 Å². The summed E-state index contributed by atoms with van der Waals surface area (Å²) in [6.45, 7) is 8.03. The average Bonchev–Trinajstić information content (AvgIpc) is 3.28. The van der Waals surface area contributed by atoms with E-state index in [0.717, 1.165) is 41.8 Å². The standard InChI is InChI=1S/C20H27N5O2/c1-5-12-10-13(27-19(26)22-20(2,3)4)11-14(12)18-24-23-17-7-6-15-16(25(17)18)8-9-21-15/h6-9,12-14,21H,5,10-11H2,1-4H3,(H,22,26)/t12-,13+,14+/m1/s1. The lowest BCUT2D eigenvalue weighted by atomic mass is 9.93. The third kappa shape index (κ3) is 3.38. The molecule has 1 aliphatic carbocycles. The molecule has 144 valence electrons. The summed E-state index contributed by atoms with van der Waals surface area (Å²) >= 11 is 0. The summed E-state index contributed by atoms with van der Waals surface area (Å²) in [5.74, 6) is 1.60. The fraction of sp³-hybridized carbons (Fsp3) is 0.550. The van der Waals surface area contributed by atoms with Crippen molar-refractivity contribution in [3.63, 3.8) is 0 Å². The second kappa shape index (κ2) is 6.55. The van der Waals surface area contributed by atoms with Crippen LogP contribution >= 0.6 is 0 Å². The van der Waals surface area contributed by atoms with Gasteiger partial charge < -0.3 is 15.0 Å². The summed E-state index contributed by atoms with van der Waals surface area (Å²) < 4.78 is 7.85. The molecule has 1 amide bonds. The number of H-pyrrole nitrogens is 1. The van der Waals surface area contributed by atoms with Crippen molar-refractivity contribution in [3.05, 3.63) is 30.2 Å². The maximum absolute atomic E-state index is 12.2. The Morgan fingerprint density at radius 2 is 2.11 bits per heavy atom. The largest absolute Gasteiger partial charge is 0.446 e. The van der Waals surface area contributed by atoms with Crippen molar-refractivity contribution in [2.75, 3.05) is 0 Å². The van der Waals surface area contributed by atoms with Gasteiger partial charge >= 0.3 is 6.09 Å². The van der Waals surface area contributed by atoms with Gasteiger partial charge in [0.1, 0.15) is 11.9 Å². The number of aromatic nitrogens is 4. The molecule has 0 spiro atoms. The number of carbonyl (C=O) groups excluding carboxylic acids is 1. The Morgan fingerprint density at radius 3 is 2.85 bits per heavy atom. The Hall–Kier alpha value is -2.57. The molecule has 1 fully saturated rings. The highest BCUT2D eigenvalue weighted by molar-refractivity contribution is 5.79. The monoisotopic (exact) mass is 369 g/mol. The fourth-order valence-electron chi connectivity index (χ4n) is 4.19. The van der Waals surface area contributed by atoms with Gasteiger partial charge in [-0.1, -0.05) is 13.3 Å². The number of aromatic amines is 1. The maximum atomic E-state index is 12.2. The third-order valence-corrected chi connectivity index (χ3v) is 5.37. The van der Waals surface area contributed by atoms with E-state index in [2.05, 4.69) is 37.9 Å². The Balaban J connectivity index is 1.61. The summed E-state index contributed by atoms with van der Waals surface area (Å²) in [7, 11) is 0. The number of amides is 1. The lowest BCUT2D eigenvalue weighted by molar-refractivity contribution is 0.0918. The van der Waals surface area contributed by atoms with Gasteiger partial charge in [-0.2, -0.15) is 0 Å². The fourth-order valence-corrected chi connectivity index (χ4v) is 4.19. The number of fused-ring (bicyclic) bond motifs is 3. The molecule has 27 heavy (non-hydrogen) atoms. The summed E-state index contributed by atoms with van der Waals surface area (Å²) in [6.07, 6.45) is 4.14. The topological polar surface area (TPSA) is 84.3 Å². The Labute approximate surface area is 158 Å². The minimum absolute atomic E-state index is 0.0972. The zero-order valence-electron chi connectivity index (χ0n) is 16.3. The molecule has 0 radical (unpaired) electrons. The first-order valence-electron chi connectivity index (χ1n) is 9.65. The smallest absolute Gasteiger partial charge is 0.407 e. The van der Waals surface area contributed by atoms with E-state index in [1.54, 1.807) is 0 Å². The van der Waals surface area contributed by atoms with Crippen molar-refractivity contribution in [1.29, 1.82) is 0 Å². The van der Waals surface area contributed by atoms with Crippen LogP contribution in [0.15, 0.2) is 24.4 Å². The number of alkyl carbamates (subject to hydrolysis) is 1. The first kappa shape index (κ1) is 17.8. The second-order valence-corrected chi connectivity index (χ2v) is 8.51. The molecule has 4 rings (SSSR count). The van der Waals surface area contributed by atoms with Crippen LogP contribution in [0.1, 0.15) is 58.7 Å². The number of hydrogen-bond acceptors (Lipinski definition) is 4. The normalized spacial score (nSPS) is 23.2. The zero-order valence-corrected chi connectivity index (χ0v) is 16.3. The van der Waals surface area contributed by atoms with Crippen LogP contribution < -0.4 is 5.32 Å². The van der Waals surface area contributed by atoms with Gasteiger partial charge in [0, 0.05) is 17.7 Å². The van der Waals surface area contributed by atoms with Gasteiger partial charge in [-0.3, -0.25) is 4.40 Å². The number of rotatable bonds is 3. The molecule has 0 aliphatic heterocycles. The number of nitrogens with one attached hydrogen (secondary N) is 2. The van der Waals surface area contributed by atoms with Crippen LogP contribution in [0.4, 0.5) is 4.79 Å². The third-order valence-electron chi connectivity index (χ3n) is 5.37. The van der Waals surface area contributed by atoms with Gasteiger partial charge in [0.15, 0.2) is 5.65 Å². The van der Waals surface area contributed by atoms with Crippen molar-refractivity contribution in [3.8, 4) is 0 Å². The van der Waals surface area contributed by atoms with Crippen LogP contribution in [0.2, 0.25) is 0 Å². The molecular formula is C20H27N5O2. The molecule has 1 aliphatic rings. The van der Waals surface area contributed by atoms with Gasteiger partial charge in [0.05, 0.1) is 11.0 Å². The highest BCUT2D eigenvalue weighted by Gasteiger charge is 2.39. The maximum Gasteiger partial charge on any atom is 0.407 e. The van der Waals surface area contributed by atoms with Gasteiger partial charge in [-0.15, -0.1) is 10.2 Å². The van der Waals surface area contributed by atoms with E-state index in [4.69, 9.17) is 4.74 Å². The number of carbonyl (C=O) groups is 1. The molecule has 7 heteroatoms.